The summed E-state index contributed by atoms with van der Waals surface area (Å²) in [6.45, 7) is 0.232. The number of esters is 1. The van der Waals surface area contributed by atoms with Crippen LogP contribution in [0, 0.1) is 41.4 Å². The molecule has 3 aromatic carbocycles. The molecule has 4 aliphatic carbocycles. The van der Waals surface area contributed by atoms with E-state index in [-0.39, 0.29) is 60.1 Å². The Morgan fingerprint density at radius 3 is 2.28 bits per heavy atom. The number of hydrogen-bond acceptors (Lipinski definition) is 5. The van der Waals surface area contributed by atoms with Crippen molar-refractivity contribution >= 4 is 45.8 Å². The van der Waals surface area contributed by atoms with Gasteiger partial charge < -0.3 is 9.64 Å². The summed E-state index contributed by atoms with van der Waals surface area (Å²) < 4.78 is 5.71. The average Bonchev–Trinajstić information content (AvgIpc) is 3.63. The van der Waals surface area contributed by atoms with Crippen LogP contribution in [-0.4, -0.2) is 30.2 Å². The minimum atomic E-state index is -0.619. The van der Waals surface area contributed by atoms with Gasteiger partial charge in [0.2, 0.25) is 17.7 Å². The molecular formula is C32H26N2O5. The average molecular weight is 519 g/mol. The van der Waals surface area contributed by atoms with Crippen LogP contribution in [0.25, 0.3) is 10.8 Å². The molecule has 39 heavy (non-hydrogen) atoms. The summed E-state index contributed by atoms with van der Waals surface area (Å²) >= 11 is 0. The van der Waals surface area contributed by atoms with Gasteiger partial charge >= 0.3 is 5.97 Å². The summed E-state index contributed by atoms with van der Waals surface area (Å²) in [5.41, 5.74) is 1.21. The SMILES string of the molecule is O=C(Oc1cccc(N2C(=O)[C@@H]3[C@H]4C=C[C@@H]([C@@H]5C[C@H]45)[C@H]3C2=O)c1)[C@H]1CC(=O)N(c2cccc3ccccc23)C1. The second-order valence-corrected chi connectivity index (χ2v) is 11.5. The molecule has 2 heterocycles. The van der Waals surface area contributed by atoms with E-state index in [9.17, 15) is 19.2 Å². The van der Waals surface area contributed by atoms with Crippen molar-refractivity contribution in [3.05, 3.63) is 78.9 Å². The molecule has 2 aliphatic heterocycles. The number of benzene rings is 3. The lowest BCUT2D eigenvalue weighted by Crippen LogP contribution is -2.40. The largest absolute Gasteiger partial charge is 0.426 e. The van der Waals surface area contributed by atoms with Crippen molar-refractivity contribution in [3.8, 4) is 5.75 Å². The van der Waals surface area contributed by atoms with E-state index in [0.29, 0.717) is 17.5 Å². The lowest BCUT2D eigenvalue weighted by molar-refractivity contribution is -0.139. The van der Waals surface area contributed by atoms with Gasteiger partial charge in [-0.25, -0.2) is 4.90 Å². The highest BCUT2D eigenvalue weighted by Crippen LogP contribution is 2.65. The van der Waals surface area contributed by atoms with Crippen molar-refractivity contribution in [2.75, 3.05) is 16.3 Å². The molecule has 2 saturated carbocycles. The van der Waals surface area contributed by atoms with Crippen LogP contribution < -0.4 is 14.5 Å². The Labute approximate surface area is 225 Å². The number of carbonyl (C=O) groups excluding carboxylic acids is 4. The van der Waals surface area contributed by atoms with Crippen molar-refractivity contribution in [1.29, 1.82) is 0 Å². The van der Waals surface area contributed by atoms with Crippen molar-refractivity contribution in [2.45, 2.75) is 12.8 Å². The van der Waals surface area contributed by atoms with Gasteiger partial charge in [0, 0.05) is 24.4 Å². The van der Waals surface area contributed by atoms with E-state index in [1.165, 1.54) is 4.90 Å². The van der Waals surface area contributed by atoms with Gasteiger partial charge in [-0.2, -0.15) is 0 Å². The van der Waals surface area contributed by atoms with Crippen LogP contribution in [0.4, 0.5) is 11.4 Å². The van der Waals surface area contributed by atoms with Crippen LogP contribution >= 0.6 is 0 Å². The number of anilines is 2. The van der Waals surface area contributed by atoms with E-state index >= 15 is 0 Å². The maximum atomic E-state index is 13.5. The smallest absolute Gasteiger partial charge is 0.316 e. The third-order valence-electron chi connectivity index (χ3n) is 9.47. The Bertz CT molecular complexity index is 1590. The number of fused-ring (bicyclic) bond motifs is 1. The minimum Gasteiger partial charge on any atom is -0.426 e. The Hall–Kier alpha value is -4.26. The molecule has 2 bridgehead atoms. The fraction of sp³-hybridized carbons (Fsp3) is 0.312. The first kappa shape index (κ1) is 22.7. The number of allylic oxidation sites excluding steroid dienone is 2. The van der Waals surface area contributed by atoms with Gasteiger partial charge in [-0.1, -0.05) is 54.6 Å². The summed E-state index contributed by atoms with van der Waals surface area (Å²) in [4.78, 5) is 56.0. The molecule has 0 spiro atoms. The summed E-state index contributed by atoms with van der Waals surface area (Å²) in [6, 6.07) is 20.3. The molecular weight excluding hydrogens is 492 g/mol. The molecule has 0 aromatic heterocycles. The minimum absolute atomic E-state index is 0.0618. The maximum absolute atomic E-state index is 13.5. The van der Waals surface area contributed by atoms with Gasteiger partial charge in [0.15, 0.2) is 0 Å². The summed E-state index contributed by atoms with van der Waals surface area (Å²) in [6.07, 6.45) is 5.48. The highest BCUT2D eigenvalue weighted by molar-refractivity contribution is 6.22. The number of hydrogen-bond donors (Lipinski definition) is 0. The molecule has 7 atom stereocenters. The van der Waals surface area contributed by atoms with Gasteiger partial charge in [0.05, 0.1) is 29.1 Å². The summed E-state index contributed by atoms with van der Waals surface area (Å²) in [7, 11) is 0. The van der Waals surface area contributed by atoms with Crippen LogP contribution in [0.1, 0.15) is 12.8 Å². The standard InChI is InChI=1S/C32H26N2O5/c35-27-13-18(16-33(27)26-10-3-6-17-5-1-2-9-21(17)26)32(38)39-20-8-4-7-19(14-20)34-30(36)28-22-11-12-23(25-15-24(22)25)29(28)31(34)37/h1-12,14,18,22-25,28-29H,13,15-16H2/t18-,22-,23-,24-,25+,28+,29+/m0/s1. The van der Waals surface area contributed by atoms with Crippen LogP contribution in [0.2, 0.25) is 0 Å². The van der Waals surface area contributed by atoms with Crippen molar-refractivity contribution in [1.82, 2.24) is 0 Å². The third-order valence-corrected chi connectivity index (χ3v) is 9.47. The molecule has 6 aliphatic rings. The number of nitrogens with zero attached hydrogens (tertiary/aromatic N) is 2. The molecule has 0 N–H and O–H groups in total. The Balaban J connectivity index is 1.01. The highest BCUT2D eigenvalue weighted by Gasteiger charge is 2.67. The van der Waals surface area contributed by atoms with Gasteiger partial charge in [-0.3, -0.25) is 19.2 Å². The first-order valence-corrected chi connectivity index (χ1v) is 13.7. The second-order valence-electron chi connectivity index (χ2n) is 11.5. The molecule has 3 aromatic rings. The maximum Gasteiger partial charge on any atom is 0.316 e. The molecule has 194 valence electrons. The molecule has 7 nitrogen and oxygen atoms in total. The predicted molar refractivity (Wildman–Crippen MR) is 144 cm³/mol. The zero-order valence-electron chi connectivity index (χ0n) is 21.1. The first-order chi connectivity index (χ1) is 19.0. The lowest BCUT2D eigenvalue weighted by atomic mass is 9.63. The predicted octanol–water partition coefficient (Wildman–Crippen LogP) is 4.36. The topological polar surface area (TPSA) is 84.0 Å². The molecule has 9 rings (SSSR count). The van der Waals surface area contributed by atoms with E-state index in [2.05, 4.69) is 12.2 Å². The Morgan fingerprint density at radius 2 is 1.51 bits per heavy atom. The highest BCUT2D eigenvalue weighted by atomic mass is 16.5. The second kappa shape index (κ2) is 8.12. The summed E-state index contributed by atoms with van der Waals surface area (Å²) in [5.74, 6) is -0.485. The first-order valence-electron chi connectivity index (χ1n) is 13.7. The van der Waals surface area contributed by atoms with E-state index in [1.54, 1.807) is 29.2 Å². The number of carbonyl (C=O) groups is 4. The number of amides is 3. The monoisotopic (exact) mass is 518 g/mol. The van der Waals surface area contributed by atoms with Crippen LogP contribution in [0.5, 0.6) is 5.75 Å². The van der Waals surface area contributed by atoms with E-state index in [4.69, 9.17) is 4.74 Å². The normalized spacial score (nSPS) is 32.1. The van der Waals surface area contributed by atoms with Crippen LogP contribution in [0.3, 0.4) is 0 Å². The third kappa shape index (κ3) is 3.28. The van der Waals surface area contributed by atoms with E-state index in [0.717, 1.165) is 22.9 Å². The summed E-state index contributed by atoms with van der Waals surface area (Å²) in [5, 5.41) is 1.98. The van der Waals surface area contributed by atoms with Crippen molar-refractivity contribution < 1.29 is 23.9 Å². The molecule has 3 amide bonds. The molecule has 4 fully saturated rings. The molecule has 0 radical (unpaired) electrons. The zero-order valence-corrected chi connectivity index (χ0v) is 21.1. The van der Waals surface area contributed by atoms with E-state index < -0.39 is 11.9 Å². The van der Waals surface area contributed by atoms with Crippen molar-refractivity contribution in [3.63, 3.8) is 0 Å². The van der Waals surface area contributed by atoms with Crippen LogP contribution in [0.15, 0.2) is 78.9 Å². The molecule has 7 heteroatoms. The Kier molecular flexibility index (Phi) is 4.73. The fourth-order valence-electron chi connectivity index (χ4n) is 7.64. The number of ether oxygens (including phenoxy) is 1. The van der Waals surface area contributed by atoms with Gasteiger partial charge in [0.1, 0.15) is 5.75 Å². The van der Waals surface area contributed by atoms with Crippen molar-refractivity contribution in [2.24, 2.45) is 41.4 Å². The Morgan fingerprint density at radius 1 is 0.821 bits per heavy atom. The zero-order chi connectivity index (χ0) is 26.4. The quantitative estimate of drug-likeness (QED) is 0.222. The number of rotatable bonds is 4. The lowest BCUT2D eigenvalue weighted by Gasteiger charge is -2.37. The molecule has 0 unspecified atom stereocenters. The van der Waals surface area contributed by atoms with Crippen LogP contribution in [-0.2, 0) is 19.2 Å². The van der Waals surface area contributed by atoms with Gasteiger partial charge in [-0.05, 0) is 53.7 Å². The van der Waals surface area contributed by atoms with Gasteiger partial charge in [-0.15, -0.1) is 0 Å². The van der Waals surface area contributed by atoms with E-state index in [1.807, 2.05) is 42.5 Å². The number of imide groups is 1. The van der Waals surface area contributed by atoms with Gasteiger partial charge in [0.25, 0.3) is 0 Å². The molecule has 2 saturated heterocycles. The fourth-order valence-corrected chi connectivity index (χ4v) is 7.64.